The maximum absolute atomic E-state index is 11.6. The van der Waals surface area contributed by atoms with Crippen molar-refractivity contribution in [2.24, 2.45) is 11.3 Å². The van der Waals surface area contributed by atoms with Gasteiger partial charge in [-0.25, -0.2) is 0 Å². The van der Waals surface area contributed by atoms with Crippen LogP contribution in [0.25, 0.3) is 0 Å². The summed E-state index contributed by atoms with van der Waals surface area (Å²) in [7, 11) is 0. The zero-order chi connectivity index (χ0) is 13.9. The third kappa shape index (κ3) is 3.34. The van der Waals surface area contributed by atoms with E-state index in [1.54, 1.807) is 6.92 Å². The van der Waals surface area contributed by atoms with E-state index in [1.807, 2.05) is 30.3 Å². The summed E-state index contributed by atoms with van der Waals surface area (Å²) in [5.41, 5.74) is 0.331. The molecule has 2 atom stereocenters. The van der Waals surface area contributed by atoms with Crippen molar-refractivity contribution >= 4 is 11.9 Å². The van der Waals surface area contributed by atoms with Gasteiger partial charge in [0.05, 0.1) is 5.41 Å². The van der Waals surface area contributed by atoms with Gasteiger partial charge < -0.3 is 9.84 Å². The minimum Gasteiger partial charge on any atom is -0.481 e. The van der Waals surface area contributed by atoms with Crippen molar-refractivity contribution in [3.05, 3.63) is 35.9 Å². The summed E-state index contributed by atoms with van der Waals surface area (Å²) in [5.74, 6) is -0.923. The standard InChI is InChI=1S/C15H18O4/c1-15(14(17)18)9-12(15)7-8-13(16)19-10-11-5-3-2-4-6-11/h2-6,12H,7-10H2,1H3,(H,17,18). The second kappa shape index (κ2) is 5.43. The Balaban J connectivity index is 1.68. The SMILES string of the molecule is CC1(C(=O)O)CC1CCC(=O)OCc1ccccc1. The largest absolute Gasteiger partial charge is 0.481 e. The van der Waals surface area contributed by atoms with Gasteiger partial charge in [-0.05, 0) is 31.2 Å². The van der Waals surface area contributed by atoms with E-state index in [2.05, 4.69) is 0 Å². The first-order valence-corrected chi connectivity index (χ1v) is 6.45. The van der Waals surface area contributed by atoms with Crippen LogP contribution in [0, 0.1) is 11.3 Å². The van der Waals surface area contributed by atoms with Crippen LogP contribution in [-0.4, -0.2) is 17.0 Å². The first kappa shape index (κ1) is 13.6. The van der Waals surface area contributed by atoms with E-state index in [4.69, 9.17) is 9.84 Å². The van der Waals surface area contributed by atoms with Gasteiger partial charge in [0.15, 0.2) is 0 Å². The zero-order valence-corrected chi connectivity index (χ0v) is 11.0. The first-order chi connectivity index (χ1) is 9.02. The highest BCUT2D eigenvalue weighted by Crippen LogP contribution is 2.54. The molecule has 2 unspecified atom stereocenters. The molecule has 0 amide bonds. The van der Waals surface area contributed by atoms with E-state index < -0.39 is 11.4 Å². The molecule has 1 N–H and O–H groups in total. The van der Waals surface area contributed by atoms with Crippen LogP contribution in [0.3, 0.4) is 0 Å². The van der Waals surface area contributed by atoms with Gasteiger partial charge in [-0.15, -0.1) is 0 Å². The summed E-state index contributed by atoms with van der Waals surface area (Å²) < 4.78 is 5.15. The summed E-state index contributed by atoms with van der Waals surface area (Å²) in [6.45, 7) is 2.01. The quantitative estimate of drug-likeness (QED) is 0.800. The summed E-state index contributed by atoms with van der Waals surface area (Å²) in [6.07, 6.45) is 1.55. The number of carboxylic acids is 1. The molecule has 0 bridgehead atoms. The molecule has 0 saturated heterocycles. The van der Waals surface area contributed by atoms with Crippen LogP contribution in [0.15, 0.2) is 30.3 Å². The number of benzene rings is 1. The molecule has 4 nitrogen and oxygen atoms in total. The zero-order valence-electron chi connectivity index (χ0n) is 11.0. The predicted molar refractivity (Wildman–Crippen MR) is 69.3 cm³/mol. The summed E-state index contributed by atoms with van der Waals surface area (Å²) in [5, 5.41) is 8.98. The predicted octanol–water partition coefficient (Wildman–Crippen LogP) is 2.62. The van der Waals surface area contributed by atoms with Crippen LogP contribution >= 0.6 is 0 Å². The van der Waals surface area contributed by atoms with E-state index in [1.165, 1.54) is 0 Å². The van der Waals surface area contributed by atoms with Crippen molar-refractivity contribution in [2.75, 3.05) is 0 Å². The van der Waals surface area contributed by atoms with E-state index in [-0.39, 0.29) is 18.5 Å². The molecule has 0 radical (unpaired) electrons. The number of rotatable bonds is 6. The van der Waals surface area contributed by atoms with Gasteiger partial charge in [0.2, 0.25) is 0 Å². The van der Waals surface area contributed by atoms with E-state index in [0.717, 1.165) is 5.56 Å². The van der Waals surface area contributed by atoms with Gasteiger partial charge in [-0.3, -0.25) is 9.59 Å². The van der Waals surface area contributed by atoms with Gasteiger partial charge in [0.1, 0.15) is 6.61 Å². The molecule has 1 fully saturated rings. The lowest BCUT2D eigenvalue weighted by molar-refractivity contribution is -0.146. The summed E-state index contributed by atoms with van der Waals surface area (Å²) >= 11 is 0. The Morgan fingerprint density at radius 2 is 2.05 bits per heavy atom. The molecule has 1 aliphatic rings. The number of hydrogen-bond acceptors (Lipinski definition) is 3. The van der Waals surface area contributed by atoms with Crippen molar-refractivity contribution in [2.45, 2.75) is 32.8 Å². The average Bonchev–Trinajstić information content (AvgIpc) is 3.08. The molecule has 19 heavy (non-hydrogen) atoms. The van der Waals surface area contributed by atoms with Crippen LogP contribution in [-0.2, 0) is 20.9 Å². The molecule has 0 spiro atoms. The van der Waals surface area contributed by atoms with Crippen molar-refractivity contribution in [3.8, 4) is 0 Å². The Morgan fingerprint density at radius 3 is 2.63 bits per heavy atom. The average molecular weight is 262 g/mol. The minimum atomic E-state index is -0.768. The second-order valence-electron chi connectivity index (χ2n) is 5.31. The van der Waals surface area contributed by atoms with Crippen LogP contribution in [0.4, 0.5) is 0 Å². The number of carbonyl (C=O) groups is 2. The van der Waals surface area contributed by atoms with Gasteiger partial charge in [0.25, 0.3) is 0 Å². The Hall–Kier alpha value is -1.84. The van der Waals surface area contributed by atoms with Crippen molar-refractivity contribution < 1.29 is 19.4 Å². The van der Waals surface area contributed by atoms with Crippen molar-refractivity contribution in [3.63, 3.8) is 0 Å². The molecule has 1 aromatic rings. The van der Waals surface area contributed by atoms with Gasteiger partial charge in [0, 0.05) is 6.42 Å². The normalized spacial score (nSPS) is 24.8. The number of carbonyl (C=O) groups excluding carboxylic acids is 1. The number of esters is 1. The van der Waals surface area contributed by atoms with E-state index in [9.17, 15) is 9.59 Å². The minimum absolute atomic E-state index is 0.106. The van der Waals surface area contributed by atoms with Crippen LogP contribution in [0.1, 0.15) is 31.7 Å². The van der Waals surface area contributed by atoms with Crippen LogP contribution in [0.2, 0.25) is 0 Å². The lowest BCUT2D eigenvalue weighted by Crippen LogP contribution is -2.14. The van der Waals surface area contributed by atoms with Crippen molar-refractivity contribution in [1.29, 1.82) is 0 Å². The smallest absolute Gasteiger partial charge is 0.309 e. The Kier molecular flexibility index (Phi) is 3.88. The molecule has 0 aliphatic heterocycles. The fraction of sp³-hybridized carbons (Fsp3) is 0.467. The topological polar surface area (TPSA) is 63.6 Å². The molecule has 2 rings (SSSR count). The molecule has 102 valence electrons. The highest BCUT2D eigenvalue weighted by atomic mass is 16.5. The van der Waals surface area contributed by atoms with Crippen LogP contribution < -0.4 is 0 Å². The molecule has 0 aromatic heterocycles. The number of hydrogen-bond donors (Lipinski definition) is 1. The van der Waals surface area contributed by atoms with Gasteiger partial charge >= 0.3 is 11.9 Å². The van der Waals surface area contributed by atoms with Gasteiger partial charge in [-0.2, -0.15) is 0 Å². The molecule has 1 aromatic carbocycles. The summed E-state index contributed by atoms with van der Waals surface area (Å²) in [6, 6.07) is 9.49. The third-order valence-corrected chi connectivity index (χ3v) is 3.84. The second-order valence-corrected chi connectivity index (χ2v) is 5.31. The highest BCUT2D eigenvalue weighted by molar-refractivity contribution is 5.78. The molecule has 1 aliphatic carbocycles. The Morgan fingerprint density at radius 1 is 1.37 bits per heavy atom. The lowest BCUT2D eigenvalue weighted by Gasteiger charge is -2.06. The fourth-order valence-electron chi connectivity index (χ4n) is 2.24. The molecular weight excluding hydrogens is 244 g/mol. The molecular formula is C15H18O4. The maximum atomic E-state index is 11.6. The van der Waals surface area contributed by atoms with Crippen LogP contribution in [0.5, 0.6) is 0 Å². The monoisotopic (exact) mass is 262 g/mol. The fourth-order valence-corrected chi connectivity index (χ4v) is 2.24. The van der Waals surface area contributed by atoms with Crippen molar-refractivity contribution in [1.82, 2.24) is 0 Å². The lowest BCUT2D eigenvalue weighted by atomic mass is 10.0. The number of carboxylic acid groups (broad SMARTS) is 1. The molecule has 0 heterocycles. The Labute approximate surface area is 112 Å². The maximum Gasteiger partial charge on any atom is 0.309 e. The first-order valence-electron chi connectivity index (χ1n) is 6.45. The molecule has 1 saturated carbocycles. The number of ether oxygens (including phenoxy) is 1. The highest BCUT2D eigenvalue weighted by Gasteiger charge is 2.55. The number of aliphatic carboxylic acids is 1. The summed E-state index contributed by atoms with van der Waals surface area (Å²) in [4.78, 5) is 22.5. The third-order valence-electron chi connectivity index (χ3n) is 3.84. The van der Waals surface area contributed by atoms with E-state index >= 15 is 0 Å². The molecule has 4 heteroatoms. The van der Waals surface area contributed by atoms with Gasteiger partial charge in [-0.1, -0.05) is 30.3 Å². The van der Waals surface area contributed by atoms with E-state index in [0.29, 0.717) is 19.3 Å². The Bertz CT molecular complexity index is 468.